The molecule has 2 aromatic rings. The Hall–Kier alpha value is -2.95. The van der Waals surface area contributed by atoms with E-state index in [-0.39, 0.29) is 17.1 Å². The molecule has 0 radical (unpaired) electrons. The average Bonchev–Trinajstić information content (AvgIpc) is 2.94. The van der Waals surface area contributed by atoms with Crippen LogP contribution in [0.4, 0.5) is 10.1 Å². The van der Waals surface area contributed by atoms with Crippen molar-refractivity contribution < 1.29 is 9.13 Å². The van der Waals surface area contributed by atoms with Crippen LogP contribution < -0.4 is 10.1 Å². The molecular weight excluding hydrogens is 251 g/mol. The fraction of sp³-hybridized carbons (Fsp3) is 0.0909. The Morgan fingerprint density at radius 3 is 3.00 bits per heavy atom. The predicted molar refractivity (Wildman–Crippen MR) is 64.3 cm³/mol. The van der Waals surface area contributed by atoms with Crippen molar-refractivity contribution in [3.05, 3.63) is 36.0 Å². The lowest BCUT2D eigenvalue weighted by atomic mass is 10.2. The minimum atomic E-state index is -0.501. The number of nitriles is 1. The highest BCUT2D eigenvalue weighted by Gasteiger charge is 2.06. The van der Waals surface area contributed by atoms with Crippen molar-refractivity contribution in [2.75, 3.05) is 12.4 Å². The minimum absolute atomic E-state index is 0.146. The van der Waals surface area contributed by atoms with Crippen molar-refractivity contribution in [3.63, 3.8) is 0 Å². The third kappa shape index (κ3) is 2.84. The normalized spacial score (nSPS) is 10.9. The summed E-state index contributed by atoms with van der Waals surface area (Å²) in [7, 11) is 1.38. The van der Waals surface area contributed by atoms with Crippen LogP contribution in [-0.4, -0.2) is 27.7 Å². The third-order valence-corrected chi connectivity index (χ3v) is 2.24. The minimum Gasteiger partial charge on any atom is -0.494 e. The van der Waals surface area contributed by atoms with Crippen LogP contribution >= 0.6 is 0 Å². The van der Waals surface area contributed by atoms with E-state index in [2.05, 4.69) is 25.9 Å². The van der Waals surface area contributed by atoms with Gasteiger partial charge in [0.2, 0.25) is 5.82 Å². The second kappa shape index (κ2) is 5.59. The van der Waals surface area contributed by atoms with Crippen LogP contribution in [0.25, 0.3) is 5.57 Å². The topological polar surface area (TPSA) is 99.5 Å². The molecule has 7 nitrogen and oxygen atoms in total. The number of nitrogens with zero attached hydrogens (tertiary/aromatic N) is 4. The summed E-state index contributed by atoms with van der Waals surface area (Å²) in [5.74, 6) is -0.198. The lowest BCUT2D eigenvalue weighted by molar-refractivity contribution is 0.386. The molecule has 1 aromatic carbocycles. The second-order valence-corrected chi connectivity index (χ2v) is 3.40. The Bertz CT molecular complexity index is 631. The van der Waals surface area contributed by atoms with Gasteiger partial charge in [-0.3, -0.25) is 0 Å². The summed E-state index contributed by atoms with van der Waals surface area (Å²) in [6.07, 6.45) is 1.37. The zero-order valence-corrected chi connectivity index (χ0v) is 9.88. The van der Waals surface area contributed by atoms with Crippen molar-refractivity contribution >= 4 is 11.3 Å². The van der Waals surface area contributed by atoms with Gasteiger partial charge in [-0.05, 0) is 17.3 Å². The van der Waals surface area contributed by atoms with E-state index in [0.29, 0.717) is 5.69 Å². The first kappa shape index (κ1) is 12.5. The van der Waals surface area contributed by atoms with Gasteiger partial charge < -0.3 is 10.1 Å². The quantitative estimate of drug-likeness (QED) is 0.804. The van der Waals surface area contributed by atoms with Gasteiger partial charge in [-0.1, -0.05) is 0 Å². The van der Waals surface area contributed by atoms with Crippen LogP contribution in [0.5, 0.6) is 5.75 Å². The number of H-pyrrole nitrogens is 1. The van der Waals surface area contributed by atoms with E-state index in [1.807, 2.05) is 6.07 Å². The summed E-state index contributed by atoms with van der Waals surface area (Å²) in [5.41, 5.74) is 0.638. The summed E-state index contributed by atoms with van der Waals surface area (Å²) in [4.78, 5) is 0. The summed E-state index contributed by atoms with van der Waals surface area (Å²) in [6, 6.07) is 6.25. The zero-order valence-electron chi connectivity index (χ0n) is 9.88. The molecule has 0 saturated heterocycles. The van der Waals surface area contributed by atoms with Gasteiger partial charge in [0.05, 0.1) is 7.11 Å². The molecule has 0 aliphatic carbocycles. The number of allylic oxidation sites excluding steroid dienone is 1. The maximum atomic E-state index is 13.4. The summed E-state index contributed by atoms with van der Waals surface area (Å²) >= 11 is 0. The number of tetrazole rings is 1. The van der Waals surface area contributed by atoms with Crippen LogP contribution in [0.3, 0.4) is 0 Å². The molecule has 19 heavy (non-hydrogen) atoms. The highest BCUT2D eigenvalue weighted by molar-refractivity contribution is 5.74. The van der Waals surface area contributed by atoms with Crippen LogP contribution in [0.15, 0.2) is 24.4 Å². The number of halogens is 1. The molecule has 0 aliphatic heterocycles. The number of hydrogen-bond acceptors (Lipinski definition) is 6. The highest BCUT2D eigenvalue weighted by Crippen LogP contribution is 2.21. The second-order valence-electron chi connectivity index (χ2n) is 3.40. The summed E-state index contributed by atoms with van der Waals surface area (Å²) in [6.45, 7) is 0. The molecule has 0 bridgehead atoms. The van der Waals surface area contributed by atoms with Crippen LogP contribution in [0, 0.1) is 17.1 Å². The molecule has 1 heterocycles. The predicted octanol–water partition coefficient (Wildman–Crippen LogP) is 1.32. The molecule has 0 amide bonds. The van der Waals surface area contributed by atoms with Gasteiger partial charge in [-0.15, -0.1) is 10.2 Å². The number of ether oxygens (including phenoxy) is 1. The van der Waals surface area contributed by atoms with E-state index in [1.54, 1.807) is 6.07 Å². The van der Waals surface area contributed by atoms with E-state index < -0.39 is 5.82 Å². The van der Waals surface area contributed by atoms with Gasteiger partial charge in [0.15, 0.2) is 11.6 Å². The van der Waals surface area contributed by atoms with Crippen molar-refractivity contribution in [1.82, 2.24) is 20.6 Å². The smallest absolute Gasteiger partial charge is 0.216 e. The maximum Gasteiger partial charge on any atom is 0.216 e. The Labute approximate surface area is 107 Å². The van der Waals surface area contributed by atoms with Crippen molar-refractivity contribution in [1.29, 1.82) is 5.26 Å². The number of aromatic amines is 1. The van der Waals surface area contributed by atoms with Gasteiger partial charge in [0, 0.05) is 18.0 Å². The molecule has 1 aromatic heterocycles. The Morgan fingerprint density at radius 1 is 1.58 bits per heavy atom. The molecule has 0 atom stereocenters. The largest absolute Gasteiger partial charge is 0.494 e. The van der Waals surface area contributed by atoms with E-state index in [1.165, 1.54) is 25.4 Å². The third-order valence-electron chi connectivity index (χ3n) is 2.24. The van der Waals surface area contributed by atoms with Crippen molar-refractivity contribution in [2.45, 2.75) is 0 Å². The molecule has 8 heteroatoms. The number of rotatable bonds is 4. The highest BCUT2D eigenvalue weighted by atomic mass is 19.1. The van der Waals surface area contributed by atoms with Gasteiger partial charge in [-0.25, -0.2) is 4.39 Å². The fourth-order valence-electron chi connectivity index (χ4n) is 1.33. The molecule has 0 fully saturated rings. The molecule has 0 saturated carbocycles. The number of aromatic nitrogens is 4. The van der Waals surface area contributed by atoms with E-state index in [0.717, 1.165) is 0 Å². The summed E-state index contributed by atoms with van der Waals surface area (Å²) in [5, 5.41) is 24.6. The lowest BCUT2D eigenvalue weighted by Crippen LogP contribution is -1.94. The number of anilines is 1. The molecule has 96 valence electrons. The Morgan fingerprint density at radius 2 is 2.42 bits per heavy atom. The van der Waals surface area contributed by atoms with Gasteiger partial charge in [0.1, 0.15) is 11.6 Å². The van der Waals surface area contributed by atoms with E-state index in [4.69, 9.17) is 10.00 Å². The molecule has 2 N–H and O–H groups in total. The first-order valence-electron chi connectivity index (χ1n) is 5.18. The van der Waals surface area contributed by atoms with Crippen LogP contribution in [0.2, 0.25) is 0 Å². The molecule has 0 aliphatic rings. The van der Waals surface area contributed by atoms with Crippen LogP contribution in [-0.2, 0) is 0 Å². The fourth-order valence-corrected chi connectivity index (χ4v) is 1.33. The van der Waals surface area contributed by atoms with Crippen molar-refractivity contribution in [2.24, 2.45) is 0 Å². The number of hydrogen-bond donors (Lipinski definition) is 2. The molecular formula is C11H9FN6O. The Balaban J connectivity index is 2.18. The molecule has 0 spiro atoms. The van der Waals surface area contributed by atoms with Gasteiger partial charge in [0.25, 0.3) is 0 Å². The number of nitrogens with one attached hydrogen (secondary N) is 2. The molecule has 2 rings (SSSR count). The van der Waals surface area contributed by atoms with Gasteiger partial charge in [-0.2, -0.15) is 10.5 Å². The monoisotopic (exact) mass is 260 g/mol. The summed E-state index contributed by atoms with van der Waals surface area (Å²) < 4.78 is 18.2. The van der Waals surface area contributed by atoms with E-state index in [9.17, 15) is 4.39 Å². The number of methoxy groups -OCH3 is 1. The van der Waals surface area contributed by atoms with Crippen LogP contribution in [0.1, 0.15) is 5.82 Å². The van der Waals surface area contributed by atoms with Crippen molar-refractivity contribution in [3.8, 4) is 11.8 Å². The SMILES string of the molecule is COc1ccc(NC=C(C#N)c2nn[nH]n2)cc1F. The van der Waals surface area contributed by atoms with Gasteiger partial charge >= 0.3 is 0 Å². The standard InChI is InChI=1S/C11H9FN6O/c1-19-10-3-2-8(4-9(10)12)14-6-7(5-13)11-15-17-18-16-11/h2-4,6,14H,1H3,(H,15,16,17,18). The first-order valence-corrected chi connectivity index (χ1v) is 5.18. The molecule has 0 unspecified atom stereocenters. The van der Waals surface area contributed by atoms with E-state index >= 15 is 0 Å². The lowest BCUT2D eigenvalue weighted by Gasteiger charge is -2.04. The maximum absolute atomic E-state index is 13.4. The first-order chi connectivity index (χ1) is 9.24. The zero-order chi connectivity index (χ0) is 13.7. The average molecular weight is 260 g/mol. The number of benzene rings is 1. The Kier molecular flexibility index (Phi) is 3.68.